The van der Waals surface area contributed by atoms with Crippen LogP contribution in [0.3, 0.4) is 0 Å². The fraction of sp³-hybridized carbons (Fsp3) is 0.923. The first-order valence-corrected chi connectivity index (χ1v) is 6.98. The van der Waals surface area contributed by atoms with Crippen molar-refractivity contribution in [1.82, 2.24) is 10.2 Å². The largest absolute Gasteiger partial charge is 0.380 e. The number of hydrogen-bond donors (Lipinski definition) is 2. The molecule has 0 saturated carbocycles. The Kier molecular flexibility index (Phi) is 6.82. The van der Waals surface area contributed by atoms with Crippen molar-refractivity contribution in [2.45, 2.75) is 32.7 Å². The molecule has 0 bridgehead atoms. The summed E-state index contributed by atoms with van der Waals surface area (Å²) in [7, 11) is 0. The molecule has 112 valence electrons. The number of likely N-dealkylation sites (N-methyl/N-ethyl adjacent to an activating group) is 1. The average Bonchev–Trinajstić information content (AvgIpc) is 2.78. The summed E-state index contributed by atoms with van der Waals surface area (Å²) in [5, 5.41) is 3.25. The molecule has 2 fully saturated rings. The summed E-state index contributed by atoms with van der Waals surface area (Å²) in [5.74, 6) is 0.575. The minimum Gasteiger partial charge on any atom is -0.380 e. The van der Waals surface area contributed by atoms with Gasteiger partial charge in [0, 0.05) is 18.0 Å². The molecular formula is C13H27IN4O. The minimum atomic E-state index is 0. The SMILES string of the molecule is CCN1CCCC1CNC(N)=NCC1(C)COC1.I. The normalized spacial score (nSPS) is 26.6. The number of hydrogen-bond acceptors (Lipinski definition) is 3. The van der Waals surface area contributed by atoms with Crippen LogP contribution in [0.15, 0.2) is 4.99 Å². The van der Waals surface area contributed by atoms with E-state index in [2.05, 4.69) is 29.1 Å². The van der Waals surface area contributed by atoms with Gasteiger partial charge in [0.25, 0.3) is 0 Å². The maximum Gasteiger partial charge on any atom is 0.188 e. The van der Waals surface area contributed by atoms with Crippen molar-refractivity contribution >= 4 is 29.9 Å². The number of guanidine groups is 1. The molecule has 2 aliphatic rings. The topological polar surface area (TPSA) is 62.9 Å². The van der Waals surface area contributed by atoms with Gasteiger partial charge in [-0.3, -0.25) is 9.89 Å². The Morgan fingerprint density at radius 1 is 1.53 bits per heavy atom. The van der Waals surface area contributed by atoms with Crippen LogP contribution in [0.4, 0.5) is 0 Å². The van der Waals surface area contributed by atoms with E-state index in [0.29, 0.717) is 12.0 Å². The fourth-order valence-corrected chi connectivity index (χ4v) is 2.64. The Hall–Kier alpha value is -0.0800. The highest BCUT2D eigenvalue weighted by Gasteiger charge is 2.33. The smallest absolute Gasteiger partial charge is 0.188 e. The molecule has 0 amide bonds. The van der Waals surface area contributed by atoms with Crippen molar-refractivity contribution in [2.24, 2.45) is 16.1 Å². The van der Waals surface area contributed by atoms with Crippen LogP contribution in [0.2, 0.25) is 0 Å². The van der Waals surface area contributed by atoms with E-state index >= 15 is 0 Å². The lowest BCUT2D eigenvalue weighted by atomic mass is 9.89. The number of rotatable bonds is 5. The Bertz CT molecular complexity index is 307. The lowest BCUT2D eigenvalue weighted by Crippen LogP contribution is -2.45. The van der Waals surface area contributed by atoms with E-state index in [1.165, 1.54) is 19.4 Å². The Balaban J connectivity index is 0.00000180. The van der Waals surface area contributed by atoms with Crippen LogP contribution >= 0.6 is 24.0 Å². The summed E-state index contributed by atoms with van der Waals surface area (Å²) in [6.45, 7) is 10.0. The van der Waals surface area contributed by atoms with Crippen molar-refractivity contribution in [3.8, 4) is 0 Å². The lowest BCUT2D eigenvalue weighted by Gasteiger charge is -2.36. The van der Waals surface area contributed by atoms with Crippen LogP contribution in [0, 0.1) is 5.41 Å². The highest BCUT2D eigenvalue weighted by Crippen LogP contribution is 2.26. The highest BCUT2D eigenvalue weighted by atomic mass is 127. The molecule has 2 heterocycles. The summed E-state index contributed by atoms with van der Waals surface area (Å²) in [6, 6.07) is 0.617. The first-order valence-electron chi connectivity index (χ1n) is 6.98. The molecule has 1 atom stereocenters. The van der Waals surface area contributed by atoms with Crippen LogP contribution in [0.25, 0.3) is 0 Å². The Labute approximate surface area is 133 Å². The number of ether oxygens (including phenoxy) is 1. The number of nitrogens with two attached hydrogens (primary N) is 1. The quantitative estimate of drug-likeness (QED) is 0.424. The van der Waals surface area contributed by atoms with Gasteiger partial charge in [-0.2, -0.15) is 0 Å². The Morgan fingerprint density at radius 2 is 2.26 bits per heavy atom. The van der Waals surface area contributed by atoms with Gasteiger partial charge in [0.15, 0.2) is 5.96 Å². The fourth-order valence-electron chi connectivity index (χ4n) is 2.64. The van der Waals surface area contributed by atoms with Crippen molar-refractivity contribution in [3.05, 3.63) is 0 Å². The molecule has 5 nitrogen and oxygen atoms in total. The maximum atomic E-state index is 5.90. The van der Waals surface area contributed by atoms with E-state index < -0.39 is 0 Å². The summed E-state index contributed by atoms with van der Waals surface area (Å²) in [4.78, 5) is 6.92. The van der Waals surface area contributed by atoms with E-state index in [1.54, 1.807) is 0 Å². The van der Waals surface area contributed by atoms with Crippen molar-refractivity contribution in [1.29, 1.82) is 0 Å². The predicted octanol–water partition coefficient (Wildman–Crippen LogP) is 1.03. The zero-order chi connectivity index (χ0) is 13.0. The minimum absolute atomic E-state index is 0. The summed E-state index contributed by atoms with van der Waals surface area (Å²) in [5.41, 5.74) is 6.11. The second-order valence-corrected chi connectivity index (χ2v) is 5.81. The van der Waals surface area contributed by atoms with Gasteiger partial charge in [0.2, 0.25) is 0 Å². The monoisotopic (exact) mass is 382 g/mol. The third kappa shape index (κ3) is 4.75. The highest BCUT2D eigenvalue weighted by molar-refractivity contribution is 14.0. The molecule has 19 heavy (non-hydrogen) atoms. The number of nitrogens with zero attached hydrogens (tertiary/aromatic N) is 2. The molecule has 0 aromatic heterocycles. The van der Waals surface area contributed by atoms with Crippen molar-refractivity contribution in [2.75, 3.05) is 39.4 Å². The molecule has 0 aromatic carbocycles. The van der Waals surface area contributed by atoms with Crippen LogP contribution in [0.1, 0.15) is 26.7 Å². The summed E-state index contributed by atoms with van der Waals surface area (Å²) >= 11 is 0. The number of likely N-dealkylation sites (tertiary alicyclic amines) is 1. The van der Waals surface area contributed by atoms with Gasteiger partial charge in [-0.1, -0.05) is 13.8 Å². The van der Waals surface area contributed by atoms with Gasteiger partial charge in [-0.15, -0.1) is 24.0 Å². The molecule has 3 N–H and O–H groups in total. The van der Waals surface area contributed by atoms with E-state index in [0.717, 1.165) is 32.8 Å². The van der Waals surface area contributed by atoms with Crippen molar-refractivity contribution < 1.29 is 4.74 Å². The first kappa shape index (κ1) is 17.0. The molecule has 1 unspecified atom stereocenters. The van der Waals surface area contributed by atoms with Crippen LogP contribution < -0.4 is 11.1 Å². The van der Waals surface area contributed by atoms with Gasteiger partial charge in [-0.05, 0) is 25.9 Å². The van der Waals surface area contributed by atoms with Gasteiger partial charge in [0.1, 0.15) is 0 Å². The molecule has 0 radical (unpaired) electrons. The third-order valence-corrected chi connectivity index (χ3v) is 3.96. The lowest BCUT2D eigenvalue weighted by molar-refractivity contribution is -0.0945. The van der Waals surface area contributed by atoms with E-state index in [1.807, 2.05) is 0 Å². The van der Waals surface area contributed by atoms with E-state index in [4.69, 9.17) is 10.5 Å². The molecular weight excluding hydrogens is 355 g/mol. The van der Waals surface area contributed by atoms with Gasteiger partial charge in [0.05, 0.1) is 19.8 Å². The Morgan fingerprint density at radius 3 is 2.84 bits per heavy atom. The number of nitrogens with one attached hydrogen (secondary N) is 1. The van der Waals surface area contributed by atoms with Gasteiger partial charge < -0.3 is 15.8 Å². The maximum absolute atomic E-state index is 5.90. The molecule has 0 spiro atoms. The van der Waals surface area contributed by atoms with Crippen molar-refractivity contribution in [3.63, 3.8) is 0 Å². The third-order valence-electron chi connectivity index (χ3n) is 3.96. The summed E-state index contributed by atoms with van der Waals surface area (Å²) in [6.07, 6.45) is 2.56. The molecule has 2 rings (SSSR count). The second-order valence-electron chi connectivity index (χ2n) is 5.81. The first-order chi connectivity index (χ1) is 8.63. The van der Waals surface area contributed by atoms with Crippen LogP contribution in [0.5, 0.6) is 0 Å². The second kappa shape index (κ2) is 7.64. The molecule has 6 heteroatoms. The molecule has 2 aliphatic heterocycles. The number of halogens is 1. The van der Waals surface area contributed by atoms with Crippen LogP contribution in [-0.2, 0) is 4.74 Å². The van der Waals surface area contributed by atoms with Crippen LogP contribution in [-0.4, -0.2) is 56.3 Å². The molecule has 0 aliphatic carbocycles. The zero-order valence-corrected chi connectivity index (χ0v) is 14.4. The summed E-state index contributed by atoms with van der Waals surface area (Å²) < 4.78 is 5.20. The average molecular weight is 382 g/mol. The standard InChI is InChI=1S/C13H26N4O.HI/c1-3-17-6-4-5-11(17)7-15-12(14)16-8-13(2)9-18-10-13;/h11H,3-10H2,1-2H3,(H3,14,15,16);1H. The zero-order valence-electron chi connectivity index (χ0n) is 12.0. The molecule has 2 saturated heterocycles. The predicted molar refractivity (Wildman–Crippen MR) is 89.1 cm³/mol. The van der Waals surface area contributed by atoms with E-state index in [9.17, 15) is 0 Å². The van der Waals surface area contributed by atoms with Gasteiger partial charge in [-0.25, -0.2) is 0 Å². The number of aliphatic imine (C=N–C) groups is 1. The van der Waals surface area contributed by atoms with E-state index in [-0.39, 0.29) is 29.4 Å². The molecule has 0 aromatic rings. The van der Waals surface area contributed by atoms with Gasteiger partial charge >= 0.3 is 0 Å².